The lowest BCUT2D eigenvalue weighted by atomic mass is 9.92. The number of hydrogen-bond acceptors (Lipinski definition) is 4. The maximum absolute atomic E-state index is 12.2. The summed E-state index contributed by atoms with van der Waals surface area (Å²) in [6.07, 6.45) is 0. The maximum atomic E-state index is 12.2. The van der Waals surface area contributed by atoms with Gasteiger partial charge in [-0.15, -0.1) is 0 Å². The molecule has 28 heavy (non-hydrogen) atoms. The summed E-state index contributed by atoms with van der Waals surface area (Å²) in [5.74, 6) is 1.07. The van der Waals surface area contributed by atoms with Gasteiger partial charge >= 0.3 is 6.03 Å². The second-order valence-corrected chi connectivity index (χ2v) is 7.45. The molecule has 2 aromatic carbocycles. The molecule has 7 heteroatoms. The minimum absolute atomic E-state index is 0.121. The van der Waals surface area contributed by atoms with Gasteiger partial charge in [-0.05, 0) is 24.3 Å². The van der Waals surface area contributed by atoms with Crippen molar-refractivity contribution >= 4 is 23.2 Å². The number of carbonyl (C=O) groups is 1. The highest BCUT2D eigenvalue weighted by molar-refractivity contribution is 5.99. The average Bonchev–Trinajstić information content (AvgIpc) is 3.04. The van der Waals surface area contributed by atoms with Crippen LogP contribution in [0.3, 0.4) is 0 Å². The summed E-state index contributed by atoms with van der Waals surface area (Å²) in [5, 5.41) is 10.2. The van der Waals surface area contributed by atoms with Gasteiger partial charge in [0, 0.05) is 28.9 Å². The molecule has 0 fully saturated rings. The number of nitrogens with two attached hydrogens (primary N) is 1. The van der Waals surface area contributed by atoms with Gasteiger partial charge in [-0.2, -0.15) is 5.10 Å². The predicted octanol–water partition coefficient (Wildman–Crippen LogP) is 4.40. The van der Waals surface area contributed by atoms with E-state index in [1.54, 1.807) is 23.9 Å². The van der Waals surface area contributed by atoms with Crippen LogP contribution in [0.2, 0.25) is 0 Å². The zero-order valence-corrected chi connectivity index (χ0v) is 16.5. The molecule has 3 aromatic rings. The average molecular weight is 379 g/mol. The molecule has 2 amide bonds. The molecule has 0 saturated heterocycles. The number of nitrogen functional groups attached to an aromatic ring is 1. The lowest BCUT2D eigenvalue weighted by Crippen LogP contribution is -2.19. The fraction of sp³-hybridized carbons (Fsp3) is 0.238. The zero-order valence-electron chi connectivity index (χ0n) is 16.5. The molecule has 7 nitrogen and oxygen atoms in total. The third kappa shape index (κ3) is 4.25. The summed E-state index contributed by atoms with van der Waals surface area (Å²) in [6.45, 7) is 6.23. The number of methoxy groups -OCH3 is 1. The molecule has 1 heterocycles. The zero-order chi connectivity index (χ0) is 20.3. The first-order valence-corrected chi connectivity index (χ1v) is 8.95. The molecular formula is C21H25N5O2. The fourth-order valence-corrected chi connectivity index (χ4v) is 2.70. The number of hydrogen-bond donors (Lipinski definition) is 3. The topological polar surface area (TPSA) is 94.2 Å². The van der Waals surface area contributed by atoms with Crippen molar-refractivity contribution in [3.8, 4) is 11.4 Å². The van der Waals surface area contributed by atoms with Gasteiger partial charge in [-0.1, -0.05) is 39.0 Å². The second kappa shape index (κ2) is 7.64. The van der Waals surface area contributed by atoms with Crippen LogP contribution in [0.15, 0.2) is 54.6 Å². The largest absolute Gasteiger partial charge is 0.494 e. The van der Waals surface area contributed by atoms with Gasteiger partial charge in [0.2, 0.25) is 0 Å². The Morgan fingerprint density at radius 3 is 2.32 bits per heavy atom. The first-order chi connectivity index (χ1) is 13.3. The third-order valence-electron chi connectivity index (χ3n) is 4.20. The molecule has 0 bridgehead atoms. The van der Waals surface area contributed by atoms with Gasteiger partial charge in [0.1, 0.15) is 17.3 Å². The van der Waals surface area contributed by atoms with Crippen LogP contribution in [-0.4, -0.2) is 22.9 Å². The molecule has 0 aliphatic heterocycles. The number of benzene rings is 2. The second-order valence-electron chi connectivity index (χ2n) is 7.45. The Morgan fingerprint density at radius 1 is 1.04 bits per heavy atom. The quantitative estimate of drug-likeness (QED) is 0.626. The lowest BCUT2D eigenvalue weighted by molar-refractivity contribution is 0.262. The molecule has 0 aliphatic carbocycles. The van der Waals surface area contributed by atoms with Crippen molar-refractivity contribution in [2.75, 3.05) is 23.5 Å². The van der Waals surface area contributed by atoms with Gasteiger partial charge in [-0.3, -0.25) is 0 Å². The van der Waals surface area contributed by atoms with E-state index in [0.717, 1.165) is 5.69 Å². The summed E-state index contributed by atoms with van der Waals surface area (Å²) in [7, 11) is 1.57. The number of carbonyl (C=O) groups excluding carboxylic acids is 1. The minimum atomic E-state index is -0.338. The van der Waals surface area contributed by atoms with Crippen LogP contribution >= 0.6 is 0 Å². The minimum Gasteiger partial charge on any atom is -0.494 e. The monoisotopic (exact) mass is 379 g/mol. The van der Waals surface area contributed by atoms with Crippen LogP contribution in [0.1, 0.15) is 26.5 Å². The van der Waals surface area contributed by atoms with E-state index in [-0.39, 0.29) is 11.4 Å². The number of nitrogens with zero attached hydrogens (tertiary/aromatic N) is 2. The standard InChI is InChI=1S/C21H25N5O2/c1-21(2,3)18-13-19(22)26(25-18)16-11-10-15(12-17(16)28-4)24-20(27)23-14-8-6-5-7-9-14/h5-13H,22H2,1-4H3,(H2,23,24,27). The maximum Gasteiger partial charge on any atom is 0.323 e. The number of ether oxygens (including phenoxy) is 1. The number of para-hydroxylation sites is 1. The summed E-state index contributed by atoms with van der Waals surface area (Å²) in [4.78, 5) is 12.2. The molecular weight excluding hydrogens is 354 g/mol. The van der Waals surface area contributed by atoms with Crippen molar-refractivity contribution in [1.29, 1.82) is 0 Å². The Bertz CT molecular complexity index is 974. The molecule has 4 N–H and O–H groups in total. The van der Waals surface area contributed by atoms with E-state index in [9.17, 15) is 4.79 Å². The van der Waals surface area contributed by atoms with Crippen molar-refractivity contribution in [3.05, 3.63) is 60.3 Å². The Morgan fingerprint density at radius 2 is 1.71 bits per heavy atom. The van der Waals surface area contributed by atoms with Gasteiger partial charge in [-0.25, -0.2) is 9.48 Å². The van der Waals surface area contributed by atoms with E-state index in [1.807, 2.05) is 42.5 Å². The van der Waals surface area contributed by atoms with E-state index in [2.05, 4.69) is 36.5 Å². The number of rotatable bonds is 4. The summed E-state index contributed by atoms with van der Waals surface area (Å²) >= 11 is 0. The predicted molar refractivity (Wildman–Crippen MR) is 112 cm³/mol. The van der Waals surface area contributed by atoms with Gasteiger partial charge < -0.3 is 21.1 Å². The highest BCUT2D eigenvalue weighted by Crippen LogP contribution is 2.31. The van der Waals surface area contributed by atoms with Crippen LogP contribution in [0.4, 0.5) is 22.0 Å². The van der Waals surface area contributed by atoms with E-state index in [4.69, 9.17) is 10.5 Å². The molecule has 0 atom stereocenters. The number of nitrogens with one attached hydrogen (secondary N) is 2. The highest BCUT2D eigenvalue weighted by atomic mass is 16.5. The molecule has 0 radical (unpaired) electrons. The van der Waals surface area contributed by atoms with Crippen LogP contribution in [0.5, 0.6) is 5.75 Å². The molecule has 0 unspecified atom stereocenters. The SMILES string of the molecule is COc1cc(NC(=O)Nc2ccccc2)ccc1-n1nc(C(C)(C)C)cc1N. The normalized spacial score (nSPS) is 11.1. The van der Waals surface area contributed by atoms with Crippen molar-refractivity contribution in [2.24, 2.45) is 0 Å². The number of anilines is 3. The van der Waals surface area contributed by atoms with E-state index < -0.39 is 0 Å². The Kier molecular flexibility index (Phi) is 5.26. The van der Waals surface area contributed by atoms with Crippen LogP contribution in [0, 0.1) is 0 Å². The van der Waals surface area contributed by atoms with Gasteiger partial charge in [0.25, 0.3) is 0 Å². The molecule has 1 aromatic heterocycles. The van der Waals surface area contributed by atoms with Gasteiger partial charge in [0.15, 0.2) is 0 Å². The number of amides is 2. The van der Waals surface area contributed by atoms with Crippen LogP contribution < -0.4 is 21.1 Å². The number of urea groups is 1. The lowest BCUT2D eigenvalue weighted by Gasteiger charge is -2.15. The van der Waals surface area contributed by atoms with Crippen molar-refractivity contribution in [1.82, 2.24) is 9.78 Å². The Balaban J connectivity index is 1.83. The van der Waals surface area contributed by atoms with Crippen molar-refractivity contribution in [3.63, 3.8) is 0 Å². The smallest absolute Gasteiger partial charge is 0.323 e. The van der Waals surface area contributed by atoms with E-state index in [1.165, 1.54) is 0 Å². The number of aromatic nitrogens is 2. The van der Waals surface area contributed by atoms with E-state index >= 15 is 0 Å². The highest BCUT2D eigenvalue weighted by Gasteiger charge is 2.21. The molecule has 0 spiro atoms. The van der Waals surface area contributed by atoms with Gasteiger partial charge in [0.05, 0.1) is 12.8 Å². The van der Waals surface area contributed by atoms with Crippen LogP contribution in [0.25, 0.3) is 5.69 Å². The molecule has 0 saturated carbocycles. The first-order valence-electron chi connectivity index (χ1n) is 8.95. The molecule has 146 valence electrons. The summed E-state index contributed by atoms with van der Waals surface area (Å²) < 4.78 is 7.15. The van der Waals surface area contributed by atoms with Crippen molar-refractivity contribution < 1.29 is 9.53 Å². The van der Waals surface area contributed by atoms with E-state index in [0.29, 0.717) is 28.6 Å². The van der Waals surface area contributed by atoms with Crippen molar-refractivity contribution in [2.45, 2.75) is 26.2 Å². The Labute approximate surface area is 164 Å². The summed E-state index contributed by atoms with van der Waals surface area (Å²) in [6, 6.07) is 16.1. The molecule has 3 rings (SSSR count). The first kappa shape index (κ1) is 19.3. The Hall–Kier alpha value is -3.48. The fourth-order valence-electron chi connectivity index (χ4n) is 2.70. The molecule has 0 aliphatic rings. The van der Waals surface area contributed by atoms with Crippen LogP contribution in [-0.2, 0) is 5.41 Å². The summed E-state index contributed by atoms with van der Waals surface area (Å²) in [5.41, 5.74) is 8.93. The third-order valence-corrected chi connectivity index (χ3v) is 4.20.